The molecule has 4 amide bonds. The highest BCUT2D eigenvalue weighted by molar-refractivity contribution is 6.30. The molecule has 0 bridgehead atoms. The van der Waals surface area contributed by atoms with Crippen LogP contribution in [0.3, 0.4) is 0 Å². The Kier molecular flexibility index (Phi) is 11.9. The average molecular weight is 625 g/mol. The number of rotatable bonds is 11. The van der Waals surface area contributed by atoms with Crippen LogP contribution in [0.15, 0.2) is 54.6 Å². The SMILES string of the molecule is C[C@H](O)C(=O)CCCCC[C@@H]1NC(=O)[C@H]2CCCN2C(=O)[C@H](Cc2ccccc2)NC(=O)[C@H](Cc2ccc(Cl)cc2)NC1=O. The molecule has 2 aliphatic rings. The highest BCUT2D eigenvalue weighted by atomic mass is 35.5. The number of nitrogens with one attached hydrogen (secondary N) is 3. The summed E-state index contributed by atoms with van der Waals surface area (Å²) < 4.78 is 0. The maximum Gasteiger partial charge on any atom is 0.246 e. The number of amides is 4. The van der Waals surface area contributed by atoms with Crippen LogP contribution < -0.4 is 16.0 Å². The molecule has 0 saturated carbocycles. The van der Waals surface area contributed by atoms with Crippen LogP contribution in [0.25, 0.3) is 0 Å². The Bertz CT molecular complexity index is 1320. The standard InChI is InChI=1S/C33H41ClN4O6/c1-21(39)29(40)13-7-3-6-11-25-30(41)36-26(19-23-14-16-24(34)17-15-23)31(42)37-27(20-22-9-4-2-5-10-22)33(44)38-18-8-12-28(38)32(43)35-25/h2,4-5,9-10,14-17,21,25-28,39H,3,6-8,11-13,18-20H2,1H3,(H,35,43)(H,36,41)(H,37,42)/t21-,25-,26-,27-,28+/m0/s1. The van der Waals surface area contributed by atoms with E-state index in [9.17, 15) is 29.1 Å². The Morgan fingerprint density at radius 2 is 1.45 bits per heavy atom. The largest absolute Gasteiger partial charge is 0.386 e. The lowest BCUT2D eigenvalue weighted by Gasteiger charge is -2.32. The van der Waals surface area contributed by atoms with Gasteiger partial charge in [0.05, 0.1) is 0 Å². The molecule has 236 valence electrons. The predicted octanol–water partition coefficient (Wildman–Crippen LogP) is 2.48. The number of halogens is 1. The Morgan fingerprint density at radius 3 is 2.16 bits per heavy atom. The summed E-state index contributed by atoms with van der Waals surface area (Å²) in [7, 11) is 0. The normalized spacial score (nSPS) is 23.5. The number of aliphatic hydroxyl groups is 1. The average Bonchev–Trinajstić information content (AvgIpc) is 3.50. The van der Waals surface area contributed by atoms with Crippen LogP contribution in [-0.4, -0.2) is 76.2 Å². The monoisotopic (exact) mass is 624 g/mol. The number of aliphatic hydroxyl groups excluding tert-OH is 1. The molecule has 11 heteroatoms. The summed E-state index contributed by atoms with van der Waals surface area (Å²) in [5.74, 6) is -1.98. The fourth-order valence-electron chi connectivity index (χ4n) is 5.73. The van der Waals surface area contributed by atoms with Crippen molar-refractivity contribution >= 4 is 41.0 Å². The smallest absolute Gasteiger partial charge is 0.246 e. The van der Waals surface area contributed by atoms with Gasteiger partial charge in [0.25, 0.3) is 0 Å². The molecule has 2 aliphatic heterocycles. The third-order valence-corrected chi connectivity index (χ3v) is 8.49. The van der Waals surface area contributed by atoms with Crippen molar-refractivity contribution in [1.82, 2.24) is 20.9 Å². The van der Waals surface area contributed by atoms with E-state index in [0.29, 0.717) is 43.7 Å². The van der Waals surface area contributed by atoms with Crippen molar-refractivity contribution in [3.05, 3.63) is 70.7 Å². The lowest BCUT2D eigenvalue weighted by Crippen LogP contribution is -2.61. The van der Waals surface area contributed by atoms with E-state index in [4.69, 9.17) is 11.6 Å². The van der Waals surface area contributed by atoms with E-state index < -0.39 is 48.0 Å². The number of ketones is 1. The molecule has 0 radical (unpaired) electrons. The second-order valence-electron chi connectivity index (χ2n) is 11.6. The van der Waals surface area contributed by atoms with Crippen molar-refractivity contribution in [2.24, 2.45) is 0 Å². The van der Waals surface area contributed by atoms with Gasteiger partial charge >= 0.3 is 0 Å². The Morgan fingerprint density at radius 1 is 0.841 bits per heavy atom. The van der Waals surface area contributed by atoms with Crippen LogP contribution in [0.1, 0.15) is 63.0 Å². The topological polar surface area (TPSA) is 145 Å². The van der Waals surface area contributed by atoms with Crippen LogP contribution in [-0.2, 0) is 36.8 Å². The van der Waals surface area contributed by atoms with Gasteiger partial charge in [-0.1, -0.05) is 66.9 Å². The molecule has 44 heavy (non-hydrogen) atoms. The molecule has 2 saturated heterocycles. The van der Waals surface area contributed by atoms with E-state index in [0.717, 1.165) is 11.1 Å². The second-order valence-corrected chi connectivity index (χ2v) is 12.1. The predicted molar refractivity (Wildman–Crippen MR) is 166 cm³/mol. The molecular weight excluding hydrogens is 584 g/mol. The van der Waals surface area contributed by atoms with E-state index in [2.05, 4.69) is 16.0 Å². The van der Waals surface area contributed by atoms with E-state index in [-0.39, 0.29) is 37.4 Å². The molecular formula is C33H41ClN4O6. The van der Waals surface area contributed by atoms with Gasteiger partial charge in [0.1, 0.15) is 30.3 Å². The van der Waals surface area contributed by atoms with Crippen molar-refractivity contribution in [2.75, 3.05) is 6.54 Å². The molecule has 2 heterocycles. The zero-order valence-electron chi connectivity index (χ0n) is 25.0. The minimum Gasteiger partial charge on any atom is -0.386 e. The van der Waals surface area contributed by atoms with Crippen LogP contribution in [0.2, 0.25) is 5.02 Å². The molecule has 5 atom stereocenters. The summed E-state index contributed by atoms with van der Waals surface area (Å²) in [6.45, 7) is 1.81. The lowest BCUT2D eigenvalue weighted by atomic mass is 9.99. The van der Waals surface area contributed by atoms with Gasteiger partial charge in [-0.05, 0) is 55.9 Å². The summed E-state index contributed by atoms with van der Waals surface area (Å²) >= 11 is 6.06. The maximum absolute atomic E-state index is 13.9. The molecule has 0 aromatic heterocycles. The fraction of sp³-hybridized carbons (Fsp3) is 0.485. The van der Waals surface area contributed by atoms with Crippen molar-refractivity contribution in [3.63, 3.8) is 0 Å². The van der Waals surface area contributed by atoms with Crippen molar-refractivity contribution in [2.45, 2.75) is 95.0 Å². The van der Waals surface area contributed by atoms with Gasteiger partial charge < -0.3 is 26.0 Å². The number of hydrogen-bond acceptors (Lipinski definition) is 6. The van der Waals surface area contributed by atoms with Gasteiger partial charge in [0, 0.05) is 30.8 Å². The lowest BCUT2D eigenvalue weighted by molar-refractivity contribution is -0.143. The highest BCUT2D eigenvalue weighted by Gasteiger charge is 2.40. The number of Topliss-reactive ketones (excluding diaryl/α,β-unsaturated/α-hetero) is 1. The van der Waals surface area contributed by atoms with E-state index in [1.54, 1.807) is 24.3 Å². The number of fused-ring (bicyclic) bond motifs is 1. The number of carbonyl (C=O) groups excluding carboxylic acids is 5. The Balaban J connectivity index is 1.58. The molecule has 2 fully saturated rings. The quantitative estimate of drug-likeness (QED) is 0.283. The molecule has 10 nitrogen and oxygen atoms in total. The van der Waals surface area contributed by atoms with Crippen molar-refractivity contribution in [3.8, 4) is 0 Å². The maximum atomic E-state index is 13.9. The van der Waals surface area contributed by atoms with Gasteiger partial charge in [-0.3, -0.25) is 24.0 Å². The molecule has 2 aromatic carbocycles. The van der Waals surface area contributed by atoms with E-state index >= 15 is 0 Å². The van der Waals surface area contributed by atoms with Crippen molar-refractivity contribution in [1.29, 1.82) is 0 Å². The summed E-state index contributed by atoms with van der Waals surface area (Å²) in [6, 6.07) is 12.6. The molecule has 4 N–H and O–H groups in total. The molecule has 0 unspecified atom stereocenters. The fourth-order valence-corrected chi connectivity index (χ4v) is 5.86. The van der Waals surface area contributed by atoms with E-state index in [1.807, 2.05) is 30.3 Å². The first-order chi connectivity index (χ1) is 21.1. The minimum atomic E-state index is -1.02. The first kappa shape index (κ1) is 33.1. The Labute approximate surface area is 262 Å². The third-order valence-electron chi connectivity index (χ3n) is 8.24. The molecule has 0 spiro atoms. The van der Waals surface area contributed by atoms with Gasteiger partial charge in [0.15, 0.2) is 5.78 Å². The number of carbonyl (C=O) groups is 5. The summed E-state index contributed by atoms with van der Waals surface area (Å²) in [5.41, 5.74) is 1.61. The Hall–Kier alpha value is -3.76. The zero-order valence-corrected chi connectivity index (χ0v) is 25.7. The number of benzene rings is 2. The second kappa shape index (κ2) is 15.8. The summed E-state index contributed by atoms with van der Waals surface area (Å²) in [5, 5.41) is 18.6. The van der Waals surface area contributed by atoms with Gasteiger partial charge in [0.2, 0.25) is 23.6 Å². The highest BCUT2D eigenvalue weighted by Crippen LogP contribution is 2.21. The van der Waals surface area contributed by atoms with Crippen LogP contribution >= 0.6 is 11.6 Å². The number of unbranched alkanes of at least 4 members (excludes halogenated alkanes) is 2. The molecule has 4 rings (SSSR count). The third kappa shape index (κ3) is 9.12. The summed E-state index contributed by atoms with van der Waals surface area (Å²) in [4.78, 5) is 68.2. The number of hydrogen-bond donors (Lipinski definition) is 4. The van der Waals surface area contributed by atoms with Gasteiger partial charge in [-0.15, -0.1) is 0 Å². The van der Waals surface area contributed by atoms with Crippen LogP contribution in [0, 0.1) is 0 Å². The zero-order chi connectivity index (χ0) is 31.6. The van der Waals surface area contributed by atoms with Gasteiger partial charge in [-0.25, -0.2) is 0 Å². The van der Waals surface area contributed by atoms with Crippen LogP contribution in [0.5, 0.6) is 0 Å². The van der Waals surface area contributed by atoms with E-state index in [1.165, 1.54) is 11.8 Å². The molecule has 2 aromatic rings. The molecule has 0 aliphatic carbocycles. The van der Waals surface area contributed by atoms with Crippen LogP contribution in [0.4, 0.5) is 0 Å². The first-order valence-electron chi connectivity index (χ1n) is 15.3. The first-order valence-corrected chi connectivity index (χ1v) is 15.7. The summed E-state index contributed by atoms with van der Waals surface area (Å²) in [6.07, 6.45) is 2.66. The van der Waals surface area contributed by atoms with Crippen molar-refractivity contribution < 1.29 is 29.1 Å². The van der Waals surface area contributed by atoms with Gasteiger partial charge in [-0.2, -0.15) is 0 Å². The number of nitrogens with zero attached hydrogens (tertiary/aromatic N) is 1. The minimum absolute atomic E-state index is 0.148.